The van der Waals surface area contributed by atoms with Gasteiger partial charge in [-0.1, -0.05) is 37.3 Å². The molecule has 0 fully saturated rings. The van der Waals surface area contributed by atoms with Crippen molar-refractivity contribution in [2.24, 2.45) is 0 Å². The molecule has 0 aromatic heterocycles. The number of hydrogen-bond donors (Lipinski definition) is 2. The van der Waals surface area contributed by atoms with Gasteiger partial charge in [0.1, 0.15) is 0 Å². The van der Waals surface area contributed by atoms with Crippen molar-refractivity contribution in [2.75, 3.05) is 19.7 Å². The molecule has 0 radical (unpaired) electrons. The molecular formula is C19H24N2O5S. The van der Waals surface area contributed by atoms with Crippen LogP contribution in [-0.4, -0.2) is 40.0 Å². The topological polar surface area (TPSA) is 102 Å². The zero-order valence-electron chi connectivity index (χ0n) is 15.2. The molecule has 0 aliphatic rings. The summed E-state index contributed by atoms with van der Waals surface area (Å²) in [6, 6.07) is 12.4. The minimum atomic E-state index is -3.65. The number of rotatable bonds is 10. The summed E-state index contributed by atoms with van der Waals surface area (Å²) in [7, 11) is -3.65. The lowest BCUT2D eigenvalue weighted by molar-refractivity contribution is -0.148. The van der Waals surface area contributed by atoms with Crippen LogP contribution in [0.1, 0.15) is 26.2 Å². The van der Waals surface area contributed by atoms with Crippen LogP contribution in [0, 0.1) is 0 Å². The summed E-state index contributed by atoms with van der Waals surface area (Å²) in [6.07, 6.45) is 1.11. The molecule has 0 saturated heterocycles. The standard InChI is InChI=1S/C19H24N2O5S/c1-2-11-20-18(22)14-26-19(23)8-5-12-21-27(24,25)17-10-9-15-6-3-4-7-16(15)13-17/h3-4,6-7,9-10,13,21H,2,5,8,11-12,14H2,1H3,(H,20,22). The molecule has 0 bridgehead atoms. The summed E-state index contributed by atoms with van der Waals surface area (Å²) in [6.45, 7) is 2.24. The molecule has 0 atom stereocenters. The van der Waals surface area contributed by atoms with Gasteiger partial charge in [-0.25, -0.2) is 13.1 Å². The molecule has 0 aliphatic heterocycles. The number of hydrogen-bond acceptors (Lipinski definition) is 5. The fourth-order valence-electron chi connectivity index (χ4n) is 2.39. The second-order valence-electron chi connectivity index (χ2n) is 6.02. The Balaban J connectivity index is 1.76. The quantitative estimate of drug-likeness (QED) is 0.475. The molecule has 27 heavy (non-hydrogen) atoms. The van der Waals surface area contributed by atoms with Crippen LogP contribution >= 0.6 is 0 Å². The number of benzene rings is 2. The van der Waals surface area contributed by atoms with E-state index in [0.717, 1.165) is 17.2 Å². The first kappa shape index (κ1) is 20.9. The summed E-state index contributed by atoms with van der Waals surface area (Å²) >= 11 is 0. The molecule has 0 heterocycles. The van der Waals surface area contributed by atoms with Crippen LogP contribution in [0.15, 0.2) is 47.4 Å². The fourth-order valence-corrected chi connectivity index (χ4v) is 3.50. The molecule has 146 valence electrons. The summed E-state index contributed by atoms with van der Waals surface area (Å²) < 4.78 is 32.0. The van der Waals surface area contributed by atoms with E-state index in [0.29, 0.717) is 6.54 Å². The van der Waals surface area contributed by atoms with Gasteiger partial charge in [0.25, 0.3) is 5.91 Å². The Morgan fingerprint density at radius 1 is 1.04 bits per heavy atom. The number of esters is 1. The van der Waals surface area contributed by atoms with Crippen LogP contribution in [0.4, 0.5) is 0 Å². The Hall–Kier alpha value is -2.45. The van der Waals surface area contributed by atoms with Crippen molar-refractivity contribution in [3.05, 3.63) is 42.5 Å². The van der Waals surface area contributed by atoms with E-state index in [1.54, 1.807) is 18.2 Å². The summed E-state index contributed by atoms with van der Waals surface area (Å²) in [4.78, 5) is 23.1. The highest BCUT2D eigenvalue weighted by Crippen LogP contribution is 2.18. The monoisotopic (exact) mass is 392 g/mol. The summed E-state index contributed by atoms with van der Waals surface area (Å²) in [5, 5.41) is 4.40. The van der Waals surface area contributed by atoms with Crippen LogP contribution in [0.3, 0.4) is 0 Å². The van der Waals surface area contributed by atoms with Crippen LogP contribution in [0.2, 0.25) is 0 Å². The SMILES string of the molecule is CCCNC(=O)COC(=O)CCCNS(=O)(=O)c1ccc2ccccc2c1. The predicted octanol–water partition coefficient (Wildman–Crippen LogP) is 1.97. The largest absolute Gasteiger partial charge is 0.456 e. The maximum Gasteiger partial charge on any atom is 0.306 e. The molecule has 0 saturated carbocycles. The van der Waals surface area contributed by atoms with Gasteiger partial charge in [-0.15, -0.1) is 0 Å². The Labute approximate surface area is 159 Å². The van der Waals surface area contributed by atoms with Gasteiger partial charge in [0, 0.05) is 19.5 Å². The first-order valence-electron chi connectivity index (χ1n) is 8.83. The molecule has 1 amide bonds. The number of amides is 1. The molecule has 8 heteroatoms. The number of fused-ring (bicyclic) bond motifs is 1. The van der Waals surface area contributed by atoms with Crippen LogP contribution in [0.5, 0.6) is 0 Å². The Bertz CT molecular complexity index is 896. The van der Waals surface area contributed by atoms with Gasteiger partial charge in [0.05, 0.1) is 4.90 Å². The zero-order valence-corrected chi connectivity index (χ0v) is 16.1. The first-order chi connectivity index (χ1) is 12.9. The van der Waals surface area contributed by atoms with Crippen molar-refractivity contribution in [1.82, 2.24) is 10.0 Å². The van der Waals surface area contributed by atoms with E-state index in [9.17, 15) is 18.0 Å². The predicted molar refractivity (Wildman–Crippen MR) is 103 cm³/mol. The summed E-state index contributed by atoms with van der Waals surface area (Å²) in [5.41, 5.74) is 0. The molecule has 2 aromatic rings. The number of ether oxygens (including phenoxy) is 1. The molecule has 7 nitrogen and oxygen atoms in total. The van der Waals surface area contributed by atoms with Crippen molar-refractivity contribution < 1.29 is 22.7 Å². The van der Waals surface area contributed by atoms with E-state index in [-0.39, 0.29) is 36.8 Å². The number of carbonyl (C=O) groups is 2. The molecule has 0 spiro atoms. The Kier molecular flexibility index (Phi) is 7.75. The average molecular weight is 392 g/mol. The van der Waals surface area contributed by atoms with E-state index < -0.39 is 16.0 Å². The maximum atomic E-state index is 12.4. The van der Waals surface area contributed by atoms with E-state index in [2.05, 4.69) is 10.0 Å². The number of nitrogens with one attached hydrogen (secondary N) is 2. The molecule has 0 unspecified atom stereocenters. The van der Waals surface area contributed by atoms with Crippen molar-refractivity contribution in [3.8, 4) is 0 Å². The normalized spacial score (nSPS) is 11.3. The van der Waals surface area contributed by atoms with E-state index in [1.807, 2.05) is 31.2 Å². The molecular weight excluding hydrogens is 368 g/mol. The third kappa shape index (κ3) is 6.65. The van der Waals surface area contributed by atoms with Gasteiger partial charge in [0.15, 0.2) is 6.61 Å². The minimum Gasteiger partial charge on any atom is -0.456 e. The highest BCUT2D eigenvalue weighted by molar-refractivity contribution is 7.89. The van der Waals surface area contributed by atoms with Crippen LogP contribution < -0.4 is 10.0 Å². The second kappa shape index (κ2) is 10.0. The van der Waals surface area contributed by atoms with Gasteiger partial charge in [-0.3, -0.25) is 9.59 Å². The highest BCUT2D eigenvalue weighted by Gasteiger charge is 2.14. The third-order valence-electron chi connectivity index (χ3n) is 3.82. The average Bonchev–Trinajstić information content (AvgIpc) is 2.67. The minimum absolute atomic E-state index is 0.0291. The fraction of sp³-hybridized carbons (Fsp3) is 0.368. The second-order valence-corrected chi connectivity index (χ2v) is 7.79. The van der Waals surface area contributed by atoms with Gasteiger partial charge >= 0.3 is 5.97 Å². The third-order valence-corrected chi connectivity index (χ3v) is 5.28. The lowest BCUT2D eigenvalue weighted by atomic mass is 10.1. The lowest BCUT2D eigenvalue weighted by Crippen LogP contribution is -2.29. The number of sulfonamides is 1. The zero-order chi connectivity index (χ0) is 19.7. The van der Waals surface area contributed by atoms with E-state index >= 15 is 0 Å². The molecule has 0 aliphatic carbocycles. The van der Waals surface area contributed by atoms with Crippen LogP contribution in [0.25, 0.3) is 10.8 Å². The molecule has 2 rings (SSSR count). The summed E-state index contributed by atoms with van der Waals surface area (Å²) in [5.74, 6) is -0.881. The maximum absolute atomic E-state index is 12.4. The molecule has 2 N–H and O–H groups in total. The van der Waals surface area contributed by atoms with Crippen molar-refractivity contribution in [3.63, 3.8) is 0 Å². The van der Waals surface area contributed by atoms with Crippen LogP contribution in [-0.2, 0) is 24.3 Å². The molecule has 2 aromatic carbocycles. The van der Waals surface area contributed by atoms with E-state index in [1.165, 1.54) is 0 Å². The number of carbonyl (C=O) groups excluding carboxylic acids is 2. The Morgan fingerprint density at radius 2 is 1.78 bits per heavy atom. The Morgan fingerprint density at radius 3 is 2.52 bits per heavy atom. The smallest absolute Gasteiger partial charge is 0.306 e. The van der Waals surface area contributed by atoms with Gasteiger partial charge in [-0.2, -0.15) is 0 Å². The van der Waals surface area contributed by atoms with Gasteiger partial charge in [0.2, 0.25) is 10.0 Å². The van der Waals surface area contributed by atoms with E-state index in [4.69, 9.17) is 4.74 Å². The highest BCUT2D eigenvalue weighted by atomic mass is 32.2. The first-order valence-corrected chi connectivity index (χ1v) is 10.3. The van der Waals surface area contributed by atoms with Crippen molar-refractivity contribution in [2.45, 2.75) is 31.1 Å². The van der Waals surface area contributed by atoms with Gasteiger partial charge < -0.3 is 10.1 Å². The van der Waals surface area contributed by atoms with Crippen molar-refractivity contribution >= 4 is 32.7 Å². The lowest BCUT2D eigenvalue weighted by Gasteiger charge is -2.08. The van der Waals surface area contributed by atoms with Gasteiger partial charge in [-0.05, 0) is 35.7 Å². The van der Waals surface area contributed by atoms with Crippen molar-refractivity contribution in [1.29, 1.82) is 0 Å².